The van der Waals surface area contributed by atoms with E-state index in [1.54, 1.807) is 11.3 Å². The second kappa shape index (κ2) is 5.49. The van der Waals surface area contributed by atoms with Crippen LogP contribution in [0.2, 0.25) is 5.02 Å². The first-order valence-corrected chi connectivity index (χ1v) is 6.47. The zero-order valence-electron chi connectivity index (χ0n) is 9.44. The monoisotopic (exact) mass is 268 g/mol. The summed E-state index contributed by atoms with van der Waals surface area (Å²) in [7, 11) is 0. The Morgan fingerprint density at radius 3 is 2.88 bits per heavy atom. The summed E-state index contributed by atoms with van der Waals surface area (Å²) >= 11 is 7.67. The van der Waals surface area contributed by atoms with Gasteiger partial charge in [-0.3, -0.25) is 0 Å². The quantitative estimate of drug-likeness (QED) is 0.927. The smallest absolute Gasteiger partial charge is 0.140 e. The molecule has 0 unspecified atom stereocenters. The number of halogens is 1. The van der Waals surface area contributed by atoms with Crippen molar-refractivity contribution in [1.29, 1.82) is 0 Å². The molecule has 0 saturated carbocycles. The lowest BCUT2D eigenvalue weighted by Crippen LogP contribution is -1.98. The second-order valence-electron chi connectivity index (χ2n) is 3.64. The summed E-state index contributed by atoms with van der Waals surface area (Å²) in [5.74, 6) is 0.664. The maximum absolute atomic E-state index is 6.08. The fraction of sp³-hybridized carbons (Fsp3) is 0.250. The minimum Gasteiger partial charge on any atom is -0.485 e. The fourth-order valence-corrected chi connectivity index (χ4v) is 2.34. The van der Waals surface area contributed by atoms with Gasteiger partial charge < -0.3 is 10.5 Å². The molecule has 0 aliphatic rings. The molecule has 0 atom stereocenters. The molecule has 0 fully saturated rings. The number of hydrogen-bond donors (Lipinski definition) is 1. The van der Waals surface area contributed by atoms with E-state index in [1.165, 1.54) is 0 Å². The first kappa shape index (κ1) is 12.4. The molecule has 1 heterocycles. The molecule has 2 rings (SSSR count). The zero-order chi connectivity index (χ0) is 12.3. The van der Waals surface area contributed by atoms with Crippen LogP contribution in [0.25, 0.3) is 0 Å². The van der Waals surface area contributed by atoms with Gasteiger partial charge in [0.2, 0.25) is 0 Å². The van der Waals surface area contributed by atoms with Gasteiger partial charge in [0, 0.05) is 17.6 Å². The topological polar surface area (TPSA) is 48.1 Å². The minimum atomic E-state index is 0.445. The highest BCUT2D eigenvalue weighted by Gasteiger charge is 2.04. The third kappa shape index (κ3) is 3.19. The van der Waals surface area contributed by atoms with Crippen molar-refractivity contribution >= 4 is 22.9 Å². The number of aryl methyl sites for hydroxylation is 1. The lowest BCUT2D eigenvalue weighted by molar-refractivity contribution is 0.305. The second-order valence-corrected chi connectivity index (χ2v) is 4.99. The van der Waals surface area contributed by atoms with E-state index < -0.39 is 0 Å². The molecule has 2 aromatic rings. The fourth-order valence-electron chi connectivity index (χ4n) is 1.40. The molecule has 1 aromatic carbocycles. The average Bonchev–Trinajstić information content (AvgIpc) is 2.73. The van der Waals surface area contributed by atoms with Crippen molar-refractivity contribution in [3.63, 3.8) is 0 Å². The highest BCUT2D eigenvalue weighted by Crippen LogP contribution is 2.26. The van der Waals surface area contributed by atoms with Gasteiger partial charge in [0.05, 0.1) is 5.02 Å². The lowest BCUT2D eigenvalue weighted by atomic mass is 10.2. The van der Waals surface area contributed by atoms with Crippen LogP contribution in [0.4, 0.5) is 0 Å². The highest BCUT2D eigenvalue weighted by molar-refractivity contribution is 7.09. The van der Waals surface area contributed by atoms with E-state index in [2.05, 4.69) is 4.98 Å². The molecule has 0 saturated heterocycles. The third-order valence-electron chi connectivity index (χ3n) is 2.25. The van der Waals surface area contributed by atoms with Gasteiger partial charge in [0.25, 0.3) is 0 Å². The Morgan fingerprint density at radius 2 is 2.29 bits per heavy atom. The van der Waals surface area contributed by atoms with Crippen LogP contribution in [0, 0.1) is 6.92 Å². The van der Waals surface area contributed by atoms with E-state index in [9.17, 15) is 0 Å². The molecule has 0 amide bonds. The SMILES string of the molecule is Cc1csc(COc2ccc(CN)cc2Cl)n1. The molecule has 5 heteroatoms. The van der Waals surface area contributed by atoms with Crippen molar-refractivity contribution < 1.29 is 4.74 Å². The standard InChI is InChI=1S/C12H13ClN2OS/c1-8-7-17-12(15-8)6-16-11-3-2-9(5-14)4-10(11)13/h2-4,7H,5-6,14H2,1H3. The van der Waals surface area contributed by atoms with Crippen LogP contribution in [0.1, 0.15) is 16.3 Å². The van der Waals surface area contributed by atoms with E-state index in [0.29, 0.717) is 23.9 Å². The van der Waals surface area contributed by atoms with E-state index in [1.807, 2.05) is 30.5 Å². The average molecular weight is 269 g/mol. The molecule has 1 aromatic heterocycles. The predicted octanol–water partition coefficient (Wildman–Crippen LogP) is 3.14. The van der Waals surface area contributed by atoms with Crippen LogP contribution in [-0.4, -0.2) is 4.98 Å². The van der Waals surface area contributed by atoms with Crippen molar-refractivity contribution in [3.05, 3.63) is 44.9 Å². The molecule has 0 aliphatic carbocycles. The van der Waals surface area contributed by atoms with Gasteiger partial charge in [-0.1, -0.05) is 17.7 Å². The number of aromatic nitrogens is 1. The van der Waals surface area contributed by atoms with Crippen LogP contribution in [-0.2, 0) is 13.2 Å². The number of hydrogen-bond acceptors (Lipinski definition) is 4. The van der Waals surface area contributed by atoms with Gasteiger partial charge in [0.1, 0.15) is 17.4 Å². The summed E-state index contributed by atoms with van der Waals surface area (Å²) in [6.07, 6.45) is 0. The minimum absolute atomic E-state index is 0.445. The van der Waals surface area contributed by atoms with Crippen molar-refractivity contribution in [1.82, 2.24) is 4.98 Å². The van der Waals surface area contributed by atoms with Crippen molar-refractivity contribution in [3.8, 4) is 5.75 Å². The molecule has 0 bridgehead atoms. The molecule has 0 radical (unpaired) electrons. The van der Waals surface area contributed by atoms with Gasteiger partial charge in [-0.15, -0.1) is 11.3 Å². The lowest BCUT2D eigenvalue weighted by Gasteiger charge is -2.07. The number of thiazole rings is 1. The third-order valence-corrected chi connectivity index (χ3v) is 3.49. The maximum Gasteiger partial charge on any atom is 0.140 e. The summed E-state index contributed by atoms with van der Waals surface area (Å²) in [5.41, 5.74) is 7.53. The summed E-state index contributed by atoms with van der Waals surface area (Å²) in [6, 6.07) is 5.57. The Morgan fingerprint density at radius 1 is 1.47 bits per heavy atom. The molecule has 0 aliphatic heterocycles. The van der Waals surface area contributed by atoms with Gasteiger partial charge in [0.15, 0.2) is 0 Å². The Kier molecular flexibility index (Phi) is 3.99. The summed E-state index contributed by atoms with van der Waals surface area (Å²) in [6.45, 7) is 2.88. The maximum atomic E-state index is 6.08. The van der Waals surface area contributed by atoms with Crippen molar-refractivity contribution in [2.45, 2.75) is 20.1 Å². The summed E-state index contributed by atoms with van der Waals surface area (Å²) < 4.78 is 5.61. The normalized spacial score (nSPS) is 10.5. The number of nitrogens with two attached hydrogens (primary N) is 1. The van der Waals surface area contributed by atoms with Crippen LogP contribution in [0.5, 0.6) is 5.75 Å². The van der Waals surface area contributed by atoms with Crippen molar-refractivity contribution in [2.75, 3.05) is 0 Å². The number of rotatable bonds is 4. The van der Waals surface area contributed by atoms with E-state index in [-0.39, 0.29) is 0 Å². The Balaban J connectivity index is 2.04. The molecule has 3 nitrogen and oxygen atoms in total. The molecular weight excluding hydrogens is 256 g/mol. The molecule has 17 heavy (non-hydrogen) atoms. The first-order chi connectivity index (χ1) is 8.19. The number of nitrogens with zero attached hydrogens (tertiary/aromatic N) is 1. The predicted molar refractivity (Wildman–Crippen MR) is 70.5 cm³/mol. The molecule has 90 valence electrons. The summed E-state index contributed by atoms with van der Waals surface area (Å²) in [4.78, 5) is 4.32. The Hall–Kier alpha value is -1.10. The highest BCUT2D eigenvalue weighted by atomic mass is 35.5. The molecule has 2 N–H and O–H groups in total. The number of benzene rings is 1. The van der Waals surface area contributed by atoms with E-state index in [4.69, 9.17) is 22.1 Å². The van der Waals surface area contributed by atoms with Gasteiger partial charge in [-0.25, -0.2) is 4.98 Å². The van der Waals surface area contributed by atoms with Crippen LogP contribution in [0.15, 0.2) is 23.6 Å². The summed E-state index contributed by atoms with van der Waals surface area (Å²) in [5, 5.41) is 3.53. The van der Waals surface area contributed by atoms with Gasteiger partial charge in [-0.05, 0) is 24.6 Å². The van der Waals surface area contributed by atoms with Gasteiger partial charge in [-0.2, -0.15) is 0 Å². The zero-order valence-corrected chi connectivity index (χ0v) is 11.0. The van der Waals surface area contributed by atoms with Crippen LogP contribution in [0.3, 0.4) is 0 Å². The van der Waals surface area contributed by atoms with Crippen LogP contribution >= 0.6 is 22.9 Å². The Bertz CT molecular complexity index is 513. The van der Waals surface area contributed by atoms with Crippen molar-refractivity contribution in [2.24, 2.45) is 5.73 Å². The van der Waals surface area contributed by atoms with Crippen LogP contribution < -0.4 is 10.5 Å². The number of ether oxygens (including phenoxy) is 1. The largest absolute Gasteiger partial charge is 0.485 e. The first-order valence-electron chi connectivity index (χ1n) is 5.21. The Labute approximate surface area is 109 Å². The molecule has 0 spiro atoms. The van der Waals surface area contributed by atoms with E-state index >= 15 is 0 Å². The molecular formula is C12H13ClN2OS. The van der Waals surface area contributed by atoms with E-state index in [0.717, 1.165) is 16.3 Å². The van der Waals surface area contributed by atoms with Gasteiger partial charge >= 0.3 is 0 Å².